The minimum absolute atomic E-state index is 0.237. The van der Waals surface area contributed by atoms with Gasteiger partial charge in [0, 0.05) is 18.3 Å². The van der Waals surface area contributed by atoms with Crippen molar-refractivity contribution in [3.8, 4) is 0 Å². The van der Waals surface area contributed by atoms with Crippen molar-refractivity contribution in [1.82, 2.24) is 5.32 Å². The Kier molecular flexibility index (Phi) is 5.85. The molecule has 1 saturated carbocycles. The van der Waals surface area contributed by atoms with Crippen molar-refractivity contribution in [2.75, 3.05) is 11.9 Å². The first-order valence-corrected chi connectivity index (χ1v) is 8.32. The number of benzene rings is 1. The van der Waals surface area contributed by atoms with E-state index in [-0.39, 0.29) is 18.0 Å². The van der Waals surface area contributed by atoms with E-state index in [1.54, 1.807) is 6.07 Å². The van der Waals surface area contributed by atoms with Crippen LogP contribution < -0.4 is 10.6 Å². The van der Waals surface area contributed by atoms with E-state index in [1.165, 1.54) is 12.1 Å². The summed E-state index contributed by atoms with van der Waals surface area (Å²) in [5.41, 5.74) is 0.301. The molecule has 0 heterocycles. The number of hydrogen-bond donors (Lipinski definition) is 2. The lowest BCUT2D eigenvalue weighted by molar-refractivity contribution is 0.0514. The van der Waals surface area contributed by atoms with E-state index in [9.17, 15) is 9.18 Å². The standard InChI is InChI=1S/C18H27FN2O2/c1-18(2,3)23-17(22)20-12-13-7-4-5-10-16(13)21-15-9-6-8-14(19)11-15/h6,8-9,11,13,16,21H,4-5,7,10,12H2,1-3H3,(H,20,22). The van der Waals surface area contributed by atoms with Crippen LogP contribution >= 0.6 is 0 Å². The SMILES string of the molecule is CC(C)(C)OC(=O)NCC1CCCCC1Nc1cccc(F)c1. The predicted octanol–water partition coefficient (Wildman–Crippen LogP) is 4.32. The molecule has 2 atom stereocenters. The quantitative estimate of drug-likeness (QED) is 0.868. The van der Waals surface area contributed by atoms with Gasteiger partial charge in [-0.1, -0.05) is 18.9 Å². The average molecular weight is 322 g/mol. The van der Waals surface area contributed by atoms with Crippen LogP contribution in [-0.4, -0.2) is 24.3 Å². The van der Waals surface area contributed by atoms with E-state index in [0.717, 1.165) is 31.4 Å². The fraction of sp³-hybridized carbons (Fsp3) is 0.611. The van der Waals surface area contributed by atoms with Gasteiger partial charge in [0.25, 0.3) is 0 Å². The lowest BCUT2D eigenvalue weighted by atomic mass is 9.84. The van der Waals surface area contributed by atoms with E-state index in [4.69, 9.17) is 4.74 Å². The zero-order chi connectivity index (χ0) is 16.9. The normalized spacial score (nSPS) is 21.6. The Bertz CT molecular complexity index is 528. The monoisotopic (exact) mass is 322 g/mol. The Morgan fingerprint density at radius 3 is 2.74 bits per heavy atom. The van der Waals surface area contributed by atoms with Crippen LogP contribution in [0.3, 0.4) is 0 Å². The molecule has 0 bridgehead atoms. The summed E-state index contributed by atoms with van der Waals surface area (Å²) in [5, 5.41) is 6.27. The Hall–Kier alpha value is -1.78. The maximum atomic E-state index is 13.3. The Morgan fingerprint density at radius 1 is 1.30 bits per heavy atom. The van der Waals surface area contributed by atoms with Crippen molar-refractivity contribution in [3.63, 3.8) is 0 Å². The summed E-state index contributed by atoms with van der Waals surface area (Å²) >= 11 is 0. The molecule has 1 aromatic carbocycles. The smallest absolute Gasteiger partial charge is 0.407 e. The minimum atomic E-state index is -0.490. The van der Waals surface area contributed by atoms with Crippen LogP contribution in [0, 0.1) is 11.7 Å². The third-order valence-electron chi connectivity index (χ3n) is 3.99. The number of halogens is 1. The first kappa shape index (κ1) is 17.6. The van der Waals surface area contributed by atoms with Gasteiger partial charge in [-0.05, 0) is 57.7 Å². The zero-order valence-corrected chi connectivity index (χ0v) is 14.2. The van der Waals surface area contributed by atoms with Crippen LogP contribution in [0.4, 0.5) is 14.9 Å². The fourth-order valence-corrected chi connectivity index (χ4v) is 2.96. The molecule has 2 rings (SSSR count). The van der Waals surface area contributed by atoms with Gasteiger partial charge in [-0.25, -0.2) is 9.18 Å². The van der Waals surface area contributed by atoms with Gasteiger partial charge in [0.2, 0.25) is 0 Å². The molecule has 0 saturated heterocycles. The fourth-order valence-electron chi connectivity index (χ4n) is 2.96. The summed E-state index contributed by atoms with van der Waals surface area (Å²) in [6.07, 6.45) is 3.99. The van der Waals surface area contributed by atoms with Crippen molar-refractivity contribution >= 4 is 11.8 Å². The van der Waals surface area contributed by atoms with Crippen LogP contribution in [0.2, 0.25) is 0 Å². The highest BCUT2D eigenvalue weighted by atomic mass is 19.1. The molecule has 1 aromatic rings. The number of rotatable bonds is 4. The number of carbonyl (C=O) groups excluding carboxylic acids is 1. The highest BCUT2D eigenvalue weighted by molar-refractivity contribution is 5.67. The molecule has 4 nitrogen and oxygen atoms in total. The number of ether oxygens (including phenoxy) is 1. The minimum Gasteiger partial charge on any atom is -0.444 e. The third-order valence-corrected chi connectivity index (χ3v) is 3.99. The molecule has 1 aliphatic carbocycles. The van der Waals surface area contributed by atoms with Crippen molar-refractivity contribution < 1.29 is 13.9 Å². The molecule has 2 N–H and O–H groups in total. The molecule has 1 amide bonds. The van der Waals surface area contributed by atoms with Crippen molar-refractivity contribution in [2.45, 2.75) is 58.1 Å². The second-order valence-corrected chi connectivity index (χ2v) is 7.19. The van der Waals surface area contributed by atoms with Crippen LogP contribution in [0.1, 0.15) is 46.5 Å². The highest BCUT2D eigenvalue weighted by Crippen LogP contribution is 2.27. The van der Waals surface area contributed by atoms with Gasteiger partial charge in [-0.2, -0.15) is 0 Å². The van der Waals surface area contributed by atoms with Gasteiger partial charge in [0.05, 0.1) is 0 Å². The molecule has 0 radical (unpaired) electrons. The van der Waals surface area contributed by atoms with Gasteiger partial charge in [-0.15, -0.1) is 0 Å². The van der Waals surface area contributed by atoms with Gasteiger partial charge in [0.1, 0.15) is 11.4 Å². The highest BCUT2D eigenvalue weighted by Gasteiger charge is 2.26. The molecule has 128 valence electrons. The topological polar surface area (TPSA) is 50.4 Å². The zero-order valence-electron chi connectivity index (χ0n) is 14.2. The van der Waals surface area contributed by atoms with Crippen molar-refractivity contribution in [2.24, 2.45) is 5.92 Å². The third kappa shape index (κ3) is 6.08. The Morgan fingerprint density at radius 2 is 2.04 bits per heavy atom. The van der Waals surface area contributed by atoms with E-state index in [1.807, 2.05) is 26.8 Å². The lowest BCUT2D eigenvalue weighted by Gasteiger charge is -2.33. The Labute approximate surface area is 137 Å². The molecule has 2 unspecified atom stereocenters. The molecular formula is C18H27FN2O2. The maximum absolute atomic E-state index is 13.3. The number of anilines is 1. The summed E-state index contributed by atoms with van der Waals surface area (Å²) in [5.74, 6) is 0.0776. The second-order valence-electron chi connectivity index (χ2n) is 7.19. The van der Waals surface area contributed by atoms with E-state index in [2.05, 4.69) is 10.6 Å². The molecule has 1 aliphatic rings. The number of hydrogen-bond acceptors (Lipinski definition) is 3. The van der Waals surface area contributed by atoms with Crippen molar-refractivity contribution in [1.29, 1.82) is 0 Å². The number of carbonyl (C=O) groups is 1. The van der Waals surface area contributed by atoms with Crippen LogP contribution in [0.25, 0.3) is 0 Å². The van der Waals surface area contributed by atoms with Gasteiger partial charge >= 0.3 is 6.09 Å². The van der Waals surface area contributed by atoms with E-state index < -0.39 is 5.60 Å². The molecule has 5 heteroatoms. The van der Waals surface area contributed by atoms with Crippen LogP contribution in [0.15, 0.2) is 24.3 Å². The molecule has 0 aromatic heterocycles. The summed E-state index contributed by atoms with van der Waals surface area (Å²) < 4.78 is 18.6. The summed E-state index contributed by atoms with van der Waals surface area (Å²) in [4.78, 5) is 11.8. The largest absolute Gasteiger partial charge is 0.444 e. The maximum Gasteiger partial charge on any atom is 0.407 e. The summed E-state index contributed by atoms with van der Waals surface area (Å²) in [6.45, 7) is 6.12. The first-order chi connectivity index (χ1) is 10.8. The Balaban J connectivity index is 1.89. The van der Waals surface area contributed by atoms with Gasteiger partial charge in [-0.3, -0.25) is 0 Å². The molecule has 23 heavy (non-hydrogen) atoms. The van der Waals surface area contributed by atoms with E-state index >= 15 is 0 Å². The molecule has 1 fully saturated rings. The average Bonchev–Trinajstić information content (AvgIpc) is 2.44. The lowest BCUT2D eigenvalue weighted by Crippen LogP contribution is -2.42. The molecule has 0 spiro atoms. The van der Waals surface area contributed by atoms with Crippen LogP contribution in [0.5, 0.6) is 0 Å². The number of amides is 1. The summed E-state index contributed by atoms with van der Waals surface area (Å²) in [6, 6.07) is 6.76. The number of nitrogens with one attached hydrogen (secondary N) is 2. The molecular weight excluding hydrogens is 295 g/mol. The second kappa shape index (κ2) is 7.66. The molecule has 0 aliphatic heterocycles. The summed E-state index contributed by atoms with van der Waals surface area (Å²) in [7, 11) is 0. The van der Waals surface area contributed by atoms with Gasteiger partial charge < -0.3 is 15.4 Å². The van der Waals surface area contributed by atoms with Gasteiger partial charge in [0.15, 0.2) is 0 Å². The predicted molar refractivity (Wildman–Crippen MR) is 90.0 cm³/mol. The number of alkyl carbamates (subject to hydrolysis) is 1. The van der Waals surface area contributed by atoms with E-state index in [0.29, 0.717) is 12.5 Å². The van der Waals surface area contributed by atoms with Crippen molar-refractivity contribution in [3.05, 3.63) is 30.1 Å². The van der Waals surface area contributed by atoms with Crippen LogP contribution in [-0.2, 0) is 4.74 Å². The first-order valence-electron chi connectivity index (χ1n) is 8.32.